The average molecular weight is 305 g/mol. The Kier molecular flexibility index (Phi) is 6.58. The van der Waals surface area contributed by atoms with E-state index in [4.69, 9.17) is 23.2 Å². The van der Waals surface area contributed by atoms with Crippen molar-refractivity contribution in [3.8, 4) is 0 Å². The topological polar surface area (TPSA) is 61.4 Å². The van der Waals surface area contributed by atoms with Crippen molar-refractivity contribution in [1.82, 2.24) is 10.6 Å². The van der Waals surface area contributed by atoms with Crippen LogP contribution in [0.3, 0.4) is 0 Å². The molecule has 1 aromatic carbocycles. The molecule has 1 aromatic rings. The molecule has 0 fully saturated rings. The molecule has 0 bridgehead atoms. The van der Waals surface area contributed by atoms with Gasteiger partial charge in [-0.25, -0.2) is 0 Å². The molecule has 6 heteroatoms. The number of nitrogens with one attached hydrogen (secondary N) is 2. The van der Waals surface area contributed by atoms with E-state index < -0.39 is 6.10 Å². The Morgan fingerprint density at radius 2 is 1.84 bits per heavy atom. The van der Waals surface area contributed by atoms with Crippen LogP contribution in [0.2, 0.25) is 10.0 Å². The minimum absolute atomic E-state index is 0.110. The summed E-state index contributed by atoms with van der Waals surface area (Å²) in [7, 11) is 1.78. The summed E-state index contributed by atoms with van der Waals surface area (Å²) >= 11 is 11.7. The SMILES string of the molecule is CNCC(C)C(=O)NCC(O)c1cc(Cl)cc(Cl)c1. The van der Waals surface area contributed by atoms with E-state index in [-0.39, 0.29) is 18.4 Å². The molecule has 0 saturated heterocycles. The van der Waals surface area contributed by atoms with Crippen LogP contribution in [0.25, 0.3) is 0 Å². The molecule has 0 aliphatic rings. The third-order valence-electron chi connectivity index (χ3n) is 2.70. The highest BCUT2D eigenvalue weighted by atomic mass is 35.5. The zero-order valence-electron chi connectivity index (χ0n) is 10.9. The number of hydrogen-bond donors (Lipinski definition) is 3. The molecule has 4 nitrogen and oxygen atoms in total. The Hall–Kier alpha value is -0.810. The fraction of sp³-hybridized carbons (Fsp3) is 0.462. The van der Waals surface area contributed by atoms with Crippen LogP contribution >= 0.6 is 23.2 Å². The fourth-order valence-corrected chi connectivity index (χ4v) is 2.20. The maximum absolute atomic E-state index is 11.7. The number of hydrogen-bond acceptors (Lipinski definition) is 3. The van der Waals surface area contributed by atoms with Gasteiger partial charge in [0.15, 0.2) is 0 Å². The number of rotatable bonds is 6. The van der Waals surface area contributed by atoms with E-state index in [0.29, 0.717) is 22.2 Å². The van der Waals surface area contributed by atoms with E-state index in [0.717, 1.165) is 0 Å². The van der Waals surface area contributed by atoms with Gasteiger partial charge in [0.05, 0.1) is 6.10 Å². The summed E-state index contributed by atoms with van der Waals surface area (Å²) in [5.74, 6) is -0.262. The number of carbonyl (C=O) groups excluding carboxylic acids is 1. The normalized spacial score (nSPS) is 13.9. The summed E-state index contributed by atoms with van der Waals surface area (Å²) in [4.78, 5) is 11.7. The first-order valence-electron chi connectivity index (χ1n) is 6.00. The maximum atomic E-state index is 11.7. The van der Waals surface area contributed by atoms with Gasteiger partial charge in [-0.2, -0.15) is 0 Å². The Balaban J connectivity index is 2.55. The second-order valence-electron chi connectivity index (χ2n) is 4.42. The number of benzene rings is 1. The molecule has 1 amide bonds. The molecule has 19 heavy (non-hydrogen) atoms. The molecule has 0 aromatic heterocycles. The highest BCUT2D eigenvalue weighted by Crippen LogP contribution is 2.23. The van der Waals surface area contributed by atoms with Gasteiger partial charge in [0, 0.05) is 29.1 Å². The average Bonchev–Trinajstić information content (AvgIpc) is 2.34. The fourth-order valence-electron chi connectivity index (χ4n) is 1.66. The Morgan fingerprint density at radius 3 is 2.37 bits per heavy atom. The van der Waals surface area contributed by atoms with Crippen molar-refractivity contribution in [3.05, 3.63) is 33.8 Å². The van der Waals surface area contributed by atoms with Crippen molar-refractivity contribution < 1.29 is 9.90 Å². The summed E-state index contributed by atoms with van der Waals surface area (Å²) in [5, 5.41) is 16.5. The number of halogens is 2. The van der Waals surface area contributed by atoms with Crippen molar-refractivity contribution in [3.63, 3.8) is 0 Å². The minimum Gasteiger partial charge on any atom is -0.387 e. The lowest BCUT2D eigenvalue weighted by Crippen LogP contribution is -2.36. The van der Waals surface area contributed by atoms with Crippen molar-refractivity contribution in [2.75, 3.05) is 20.1 Å². The van der Waals surface area contributed by atoms with Gasteiger partial charge < -0.3 is 15.7 Å². The number of aliphatic hydroxyl groups excluding tert-OH is 1. The molecule has 106 valence electrons. The zero-order valence-corrected chi connectivity index (χ0v) is 12.4. The van der Waals surface area contributed by atoms with Gasteiger partial charge in [-0.1, -0.05) is 30.1 Å². The van der Waals surface area contributed by atoms with Crippen molar-refractivity contribution >= 4 is 29.1 Å². The smallest absolute Gasteiger partial charge is 0.224 e. The quantitative estimate of drug-likeness (QED) is 0.753. The minimum atomic E-state index is -0.832. The van der Waals surface area contributed by atoms with Gasteiger partial charge in [-0.3, -0.25) is 4.79 Å². The summed E-state index contributed by atoms with van der Waals surface area (Å²) in [5.41, 5.74) is 0.582. The molecule has 2 atom stereocenters. The lowest BCUT2D eigenvalue weighted by Gasteiger charge is -2.15. The van der Waals surface area contributed by atoms with Crippen molar-refractivity contribution in [1.29, 1.82) is 0 Å². The number of carbonyl (C=O) groups is 1. The summed E-state index contributed by atoms with van der Waals surface area (Å²) in [6.07, 6.45) is -0.832. The van der Waals surface area contributed by atoms with Crippen LogP contribution in [0.15, 0.2) is 18.2 Å². The second kappa shape index (κ2) is 7.70. The Bertz CT molecular complexity index is 420. The summed E-state index contributed by atoms with van der Waals surface area (Å²) in [6.45, 7) is 2.53. The Morgan fingerprint density at radius 1 is 1.26 bits per heavy atom. The maximum Gasteiger partial charge on any atom is 0.224 e. The first-order chi connectivity index (χ1) is 8.93. The predicted molar refractivity (Wildman–Crippen MR) is 77.5 cm³/mol. The van der Waals surface area contributed by atoms with E-state index in [1.807, 2.05) is 6.92 Å². The molecule has 3 N–H and O–H groups in total. The van der Waals surface area contributed by atoms with Crippen LogP contribution in [0.1, 0.15) is 18.6 Å². The predicted octanol–water partition coefficient (Wildman–Crippen LogP) is 2.00. The molecule has 1 rings (SSSR count). The van der Waals surface area contributed by atoms with Crippen molar-refractivity contribution in [2.24, 2.45) is 5.92 Å². The monoisotopic (exact) mass is 304 g/mol. The van der Waals surface area contributed by atoms with E-state index in [1.165, 1.54) is 0 Å². The van der Waals surface area contributed by atoms with E-state index in [1.54, 1.807) is 25.2 Å². The van der Waals surface area contributed by atoms with E-state index in [9.17, 15) is 9.90 Å². The lowest BCUT2D eigenvalue weighted by molar-refractivity contribution is -0.124. The standard InChI is InChI=1S/C13H18Cl2N2O2/c1-8(6-16-2)13(19)17-7-12(18)9-3-10(14)5-11(15)4-9/h3-5,8,12,16,18H,6-7H2,1-2H3,(H,17,19). The summed E-state index contributed by atoms with van der Waals surface area (Å²) < 4.78 is 0. The van der Waals surface area contributed by atoms with Crippen LogP contribution in [0.4, 0.5) is 0 Å². The van der Waals surface area contributed by atoms with Gasteiger partial charge >= 0.3 is 0 Å². The first-order valence-corrected chi connectivity index (χ1v) is 6.76. The molecule has 0 aliphatic carbocycles. The molecular weight excluding hydrogens is 287 g/mol. The van der Waals surface area contributed by atoms with Crippen LogP contribution in [0, 0.1) is 5.92 Å². The van der Waals surface area contributed by atoms with Crippen LogP contribution in [-0.2, 0) is 4.79 Å². The van der Waals surface area contributed by atoms with E-state index >= 15 is 0 Å². The molecule has 0 radical (unpaired) electrons. The van der Waals surface area contributed by atoms with Gasteiger partial charge in [0.25, 0.3) is 0 Å². The number of amides is 1. The van der Waals surface area contributed by atoms with Crippen LogP contribution in [-0.4, -0.2) is 31.2 Å². The van der Waals surface area contributed by atoms with Crippen LogP contribution < -0.4 is 10.6 Å². The highest BCUT2D eigenvalue weighted by Gasteiger charge is 2.15. The van der Waals surface area contributed by atoms with Crippen molar-refractivity contribution in [2.45, 2.75) is 13.0 Å². The van der Waals surface area contributed by atoms with Gasteiger partial charge in [0.1, 0.15) is 0 Å². The summed E-state index contributed by atoms with van der Waals surface area (Å²) in [6, 6.07) is 4.84. The molecule has 0 aliphatic heterocycles. The third kappa shape index (κ3) is 5.37. The largest absolute Gasteiger partial charge is 0.387 e. The molecule has 2 unspecified atom stereocenters. The first kappa shape index (κ1) is 16.2. The van der Waals surface area contributed by atoms with Gasteiger partial charge in [0.2, 0.25) is 5.91 Å². The number of aliphatic hydroxyl groups is 1. The zero-order chi connectivity index (χ0) is 14.4. The van der Waals surface area contributed by atoms with E-state index in [2.05, 4.69) is 10.6 Å². The molecule has 0 spiro atoms. The Labute approximate surface area is 123 Å². The van der Waals surface area contributed by atoms with Crippen LogP contribution in [0.5, 0.6) is 0 Å². The van der Waals surface area contributed by atoms with Gasteiger partial charge in [-0.05, 0) is 30.8 Å². The third-order valence-corrected chi connectivity index (χ3v) is 3.13. The highest BCUT2D eigenvalue weighted by molar-refractivity contribution is 6.34. The molecule has 0 saturated carbocycles. The lowest BCUT2D eigenvalue weighted by atomic mass is 10.1. The van der Waals surface area contributed by atoms with Gasteiger partial charge in [-0.15, -0.1) is 0 Å². The molecular formula is C13H18Cl2N2O2. The molecule has 0 heterocycles. The second-order valence-corrected chi connectivity index (χ2v) is 5.30.